The third-order valence-electron chi connectivity index (χ3n) is 1.90. The molecule has 0 saturated heterocycles. The van der Waals surface area contributed by atoms with E-state index in [9.17, 15) is 4.79 Å². The van der Waals surface area contributed by atoms with Crippen LogP contribution in [0.1, 0.15) is 33.1 Å². The van der Waals surface area contributed by atoms with Crippen LogP contribution in [-0.2, 0) is 4.79 Å². The maximum atomic E-state index is 10.8. The number of primary amides is 1. The van der Waals surface area contributed by atoms with Crippen molar-refractivity contribution in [2.75, 3.05) is 7.05 Å². The zero-order valence-electron chi connectivity index (χ0n) is 8.11. The van der Waals surface area contributed by atoms with Gasteiger partial charge in [0.15, 0.2) is 0 Å². The Bertz CT molecular complexity index is 185. The van der Waals surface area contributed by atoms with Crippen molar-refractivity contribution < 1.29 is 4.79 Å². The molecule has 0 unspecified atom stereocenters. The third-order valence-corrected chi connectivity index (χ3v) is 1.90. The highest BCUT2D eigenvalue weighted by atomic mass is 16.1. The molecule has 0 fully saturated rings. The molecule has 3 nitrogen and oxygen atoms in total. The predicted octanol–water partition coefficient (Wildman–Crippen LogP) is 1.16. The molecule has 0 aliphatic rings. The highest BCUT2D eigenvalue weighted by Crippen LogP contribution is 2.08. The average molecular weight is 170 g/mol. The van der Waals surface area contributed by atoms with E-state index in [2.05, 4.69) is 12.2 Å². The molecule has 0 spiro atoms. The van der Waals surface area contributed by atoms with Crippen molar-refractivity contribution in [1.29, 1.82) is 0 Å². The first-order valence-corrected chi connectivity index (χ1v) is 4.30. The molecule has 3 N–H and O–H groups in total. The first-order valence-electron chi connectivity index (χ1n) is 4.30. The molecular weight excluding hydrogens is 152 g/mol. The van der Waals surface area contributed by atoms with Crippen molar-refractivity contribution in [3.63, 3.8) is 0 Å². The van der Waals surface area contributed by atoms with Gasteiger partial charge in [-0.05, 0) is 19.8 Å². The maximum absolute atomic E-state index is 10.8. The molecule has 0 aromatic carbocycles. The van der Waals surface area contributed by atoms with Gasteiger partial charge >= 0.3 is 0 Å². The fourth-order valence-electron chi connectivity index (χ4n) is 1.00. The zero-order chi connectivity index (χ0) is 9.56. The van der Waals surface area contributed by atoms with E-state index >= 15 is 0 Å². The van der Waals surface area contributed by atoms with Crippen LogP contribution in [0.5, 0.6) is 0 Å². The predicted molar refractivity (Wildman–Crippen MR) is 50.5 cm³/mol. The molecule has 0 saturated carbocycles. The number of amides is 1. The van der Waals surface area contributed by atoms with Gasteiger partial charge in [-0.25, -0.2) is 0 Å². The zero-order valence-corrected chi connectivity index (χ0v) is 8.11. The van der Waals surface area contributed by atoms with E-state index < -0.39 is 0 Å². The van der Waals surface area contributed by atoms with Crippen molar-refractivity contribution in [2.45, 2.75) is 33.1 Å². The molecule has 0 aliphatic heterocycles. The summed E-state index contributed by atoms with van der Waals surface area (Å²) in [5, 5.41) is 3.00. The number of nitrogens with one attached hydrogen (secondary N) is 1. The van der Waals surface area contributed by atoms with Crippen LogP contribution in [0, 0.1) is 0 Å². The molecule has 0 rings (SSSR count). The number of allylic oxidation sites excluding steroid dienone is 1. The molecule has 70 valence electrons. The summed E-state index contributed by atoms with van der Waals surface area (Å²) in [6.07, 6.45) is 3.11. The van der Waals surface area contributed by atoms with E-state index in [0.717, 1.165) is 25.0 Å². The molecule has 1 amide bonds. The van der Waals surface area contributed by atoms with E-state index in [1.54, 1.807) is 6.92 Å². The smallest absolute Gasteiger partial charge is 0.246 e. The van der Waals surface area contributed by atoms with Crippen LogP contribution in [0.2, 0.25) is 0 Å². The SMILES string of the molecule is CCCCC(NC)=C(C)C(N)=O. The van der Waals surface area contributed by atoms with Gasteiger partial charge in [0.2, 0.25) is 5.91 Å². The first kappa shape index (κ1) is 11.0. The molecule has 0 heterocycles. The van der Waals surface area contributed by atoms with Crippen LogP contribution in [0.25, 0.3) is 0 Å². The lowest BCUT2D eigenvalue weighted by Crippen LogP contribution is -2.18. The second kappa shape index (κ2) is 5.63. The number of unbranched alkanes of at least 4 members (excludes halogenated alkanes) is 1. The van der Waals surface area contributed by atoms with Crippen LogP contribution in [0.15, 0.2) is 11.3 Å². The summed E-state index contributed by atoms with van der Waals surface area (Å²) in [7, 11) is 1.82. The number of hydrogen-bond donors (Lipinski definition) is 2. The normalized spacial score (nSPS) is 12.2. The minimum absolute atomic E-state index is 0.338. The quantitative estimate of drug-likeness (QED) is 0.608. The van der Waals surface area contributed by atoms with Crippen LogP contribution >= 0.6 is 0 Å². The second-order valence-electron chi connectivity index (χ2n) is 2.82. The Morgan fingerprint density at radius 3 is 2.42 bits per heavy atom. The van der Waals surface area contributed by atoms with Crippen molar-refractivity contribution in [3.05, 3.63) is 11.3 Å². The van der Waals surface area contributed by atoms with Gasteiger partial charge < -0.3 is 11.1 Å². The highest BCUT2D eigenvalue weighted by molar-refractivity contribution is 5.91. The van der Waals surface area contributed by atoms with Gasteiger partial charge in [-0.15, -0.1) is 0 Å². The number of carbonyl (C=O) groups is 1. The Kier molecular flexibility index (Phi) is 5.17. The minimum Gasteiger partial charge on any atom is -0.391 e. The number of carbonyl (C=O) groups excluding carboxylic acids is 1. The van der Waals surface area contributed by atoms with Crippen LogP contribution in [0.4, 0.5) is 0 Å². The lowest BCUT2D eigenvalue weighted by atomic mass is 10.1. The summed E-state index contributed by atoms with van der Waals surface area (Å²) in [5.41, 5.74) is 6.75. The van der Waals surface area contributed by atoms with Crippen molar-refractivity contribution in [1.82, 2.24) is 5.32 Å². The van der Waals surface area contributed by atoms with Gasteiger partial charge in [0.05, 0.1) is 0 Å². The molecule has 3 heteroatoms. The van der Waals surface area contributed by atoms with E-state index in [-0.39, 0.29) is 5.91 Å². The summed E-state index contributed by atoms with van der Waals surface area (Å²) < 4.78 is 0. The third kappa shape index (κ3) is 3.42. The van der Waals surface area contributed by atoms with Crippen molar-refractivity contribution in [3.8, 4) is 0 Å². The van der Waals surface area contributed by atoms with Gasteiger partial charge in [0, 0.05) is 18.3 Å². The molecule has 0 atom stereocenters. The van der Waals surface area contributed by atoms with Gasteiger partial charge in [0.1, 0.15) is 0 Å². The largest absolute Gasteiger partial charge is 0.391 e. The summed E-state index contributed by atoms with van der Waals surface area (Å²) in [6.45, 7) is 3.87. The monoisotopic (exact) mass is 170 g/mol. The van der Waals surface area contributed by atoms with E-state index in [1.165, 1.54) is 0 Å². The summed E-state index contributed by atoms with van der Waals surface area (Å²) in [6, 6.07) is 0. The second-order valence-corrected chi connectivity index (χ2v) is 2.82. The topological polar surface area (TPSA) is 55.1 Å². The fraction of sp³-hybridized carbons (Fsp3) is 0.667. The van der Waals surface area contributed by atoms with Gasteiger partial charge in [-0.2, -0.15) is 0 Å². The standard InChI is InChI=1S/C9H18N2O/c1-4-5-6-8(11-3)7(2)9(10)12/h11H,4-6H2,1-3H3,(H2,10,12). The fourth-order valence-corrected chi connectivity index (χ4v) is 1.00. The molecule has 12 heavy (non-hydrogen) atoms. The summed E-state index contributed by atoms with van der Waals surface area (Å²) in [5.74, 6) is -0.338. The van der Waals surface area contributed by atoms with Crippen molar-refractivity contribution in [2.24, 2.45) is 5.73 Å². The Balaban J connectivity index is 4.28. The Morgan fingerprint density at radius 2 is 2.08 bits per heavy atom. The van der Waals surface area contributed by atoms with E-state index in [0.29, 0.717) is 5.57 Å². The maximum Gasteiger partial charge on any atom is 0.246 e. The van der Waals surface area contributed by atoms with Gasteiger partial charge in [0.25, 0.3) is 0 Å². The van der Waals surface area contributed by atoms with Crippen LogP contribution in [0.3, 0.4) is 0 Å². The molecule has 0 aliphatic carbocycles. The molecule has 0 radical (unpaired) electrons. The molecule has 0 aromatic rings. The Morgan fingerprint density at radius 1 is 1.50 bits per heavy atom. The molecular formula is C9H18N2O. The highest BCUT2D eigenvalue weighted by Gasteiger charge is 2.04. The van der Waals surface area contributed by atoms with Gasteiger partial charge in [-0.3, -0.25) is 4.79 Å². The average Bonchev–Trinajstić information content (AvgIpc) is 2.05. The van der Waals surface area contributed by atoms with Crippen LogP contribution < -0.4 is 11.1 Å². The van der Waals surface area contributed by atoms with E-state index in [4.69, 9.17) is 5.73 Å². The first-order chi connectivity index (χ1) is 5.63. The number of hydrogen-bond acceptors (Lipinski definition) is 2. The Hall–Kier alpha value is -0.990. The number of rotatable bonds is 5. The van der Waals surface area contributed by atoms with E-state index in [1.807, 2.05) is 7.05 Å². The lowest BCUT2D eigenvalue weighted by Gasteiger charge is -2.08. The Labute approximate surface area is 74.0 Å². The summed E-state index contributed by atoms with van der Waals surface area (Å²) >= 11 is 0. The summed E-state index contributed by atoms with van der Waals surface area (Å²) in [4.78, 5) is 10.8. The molecule has 0 bridgehead atoms. The van der Waals surface area contributed by atoms with Gasteiger partial charge in [-0.1, -0.05) is 13.3 Å². The lowest BCUT2D eigenvalue weighted by molar-refractivity contribution is -0.114. The van der Waals surface area contributed by atoms with Crippen molar-refractivity contribution >= 4 is 5.91 Å². The minimum atomic E-state index is -0.338. The van der Waals surface area contributed by atoms with Crippen LogP contribution in [-0.4, -0.2) is 13.0 Å². The molecule has 0 aromatic heterocycles. The number of nitrogens with two attached hydrogens (primary N) is 1.